The predicted octanol–water partition coefficient (Wildman–Crippen LogP) is 3.79. The standard InChI is InChI=1S/C22H24FN3O4S2/c1-15-20(32(27,28)26-9-7-22(8-10-26)29-11-12-30-22)13-19(25(15)2)21-24-18(14-31-21)16-3-5-17(23)6-4-16/h3-6,13-14H,7-12H2,1-2H3. The molecule has 2 aliphatic rings. The normalized spacial score (nSPS) is 19.1. The van der Waals surface area contributed by atoms with Gasteiger partial charge in [0, 0.05) is 49.6 Å². The minimum absolute atomic E-state index is 0.290. The van der Waals surface area contributed by atoms with E-state index in [9.17, 15) is 12.8 Å². The Kier molecular flexibility index (Phi) is 5.45. The van der Waals surface area contributed by atoms with Crippen molar-refractivity contribution in [3.63, 3.8) is 0 Å². The SMILES string of the molecule is Cc1c(S(=O)(=O)N2CCC3(CC2)OCCO3)cc(-c2nc(-c3ccc(F)cc3)cs2)n1C. The number of rotatable bonds is 4. The molecule has 0 bridgehead atoms. The molecule has 0 radical (unpaired) electrons. The Morgan fingerprint density at radius 3 is 2.44 bits per heavy atom. The fourth-order valence-corrected chi connectivity index (χ4v) is 6.87. The second-order valence-electron chi connectivity index (χ2n) is 8.09. The van der Waals surface area contributed by atoms with E-state index in [4.69, 9.17) is 9.47 Å². The minimum Gasteiger partial charge on any atom is -0.347 e. The molecule has 2 aliphatic heterocycles. The Bertz CT molecular complexity index is 1230. The highest BCUT2D eigenvalue weighted by molar-refractivity contribution is 7.89. The Morgan fingerprint density at radius 1 is 1.12 bits per heavy atom. The van der Waals surface area contributed by atoms with Crippen LogP contribution in [0.2, 0.25) is 0 Å². The number of benzene rings is 1. The van der Waals surface area contributed by atoms with Gasteiger partial charge in [-0.2, -0.15) is 4.31 Å². The van der Waals surface area contributed by atoms with Gasteiger partial charge < -0.3 is 14.0 Å². The van der Waals surface area contributed by atoms with E-state index in [0.717, 1.165) is 17.0 Å². The number of halogens is 1. The summed E-state index contributed by atoms with van der Waals surface area (Å²) in [6.45, 7) is 3.64. The average molecular weight is 478 g/mol. The highest BCUT2D eigenvalue weighted by atomic mass is 32.2. The molecule has 3 aromatic rings. The van der Waals surface area contributed by atoms with Crippen molar-refractivity contribution in [2.24, 2.45) is 7.05 Å². The van der Waals surface area contributed by atoms with E-state index in [0.29, 0.717) is 49.8 Å². The van der Waals surface area contributed by atoms with Crippen LogP contribution in [0.25, 0.3) is 22.0 Å². The number of hydrogen-bond donors (Lipinski definition) is 0. The van der Waals surface area contributed by atoms with Crippen LogP contribution in [0.15, 0.2) is 40.6 Å². The van der Waals surface area contributed by atoms with Crippen LogP contribution in [0.3, 0.4) is 0 Å². The molecule has 4 heterocycles. The van der Waals surface area contributed by atoms with Crippen molar-refractivity contribution >= 4 is 21.4 Å². The summed E-state index contributed by atoms with van der Waals surface area (Å²) in [6, 6.07) is 7.86. The van der Waals surface area contributed by atoms with Gasteiger partial charge in [0.05, 0.1) is 24.6 Å². The van der Waals surface area contributed by atoms with Crippen molar-refractivity contribution in [3.05, 3.63) is 47.2 Å². The number of ether oxygens (including phenoxy) is 2. The van der Waals surface area contributed by atoms with E-state index in [-0.39, 0.29) is 10.7 Å². The maximum Gasteiger partial charge on any atom is 0.244 e. The van der Waals surface area contributed by atoms with Crippen LogP contribution in [-0.2, 0) is 26.5 Å². The zero-order valence-corrected chi connectivity index (χ0v) is 19.5. The predicted molar refractivity (Wildman–Crippen MR) is 119 cm³/mol. The second kappa shape index (κ2) is 8.03. The molecule has 7 nitrogen and oxygen atoms in total. The molecule has 1 spiro atoms. The Labute approximate surface area is 190 Å². The summed E-state index contributed by atoms with van der Waals surface area (Å²) in [5.41, 5.74) is 2.93. The molecule has 170 valence electrons. The Hall–Kier alpha value is -2.11. The fourth-order valence-electron chi connectivity index (χ4n) is 4.27. The smallest absolute Gasteiger partial charge is 0.244 e. The third kappa shape index (κ3) is 3.69. The van der Waals surface area contributed by atoms with Crippen LogP contribution in [0.4, 0.5) is 4.39 Å². The molecule has 32 heavy (non-hydrogen) atoms. The van der Waals surface area contributed by atoms with Crippen molar-refractivity contribution in [1.82, 2.24) is 13.9 Å². The van der Waals surface area contributed by atoms with Gasteiger partial charge in [-0.1, -0.05) is 0 Å². The molecule has 2 fully saturated rings. The summed E-state index contributed by atoms with van der Waals surface area (Å²) in [5.74, 6) is -0.924. The molecular formula is C22H24FN3O4S2. The minimum atomic E-state index is -3.66. The van der Waals surface area contributed by atoms with Gasteiger partial charge >= 0.3 is 0 Å². The van der Waals surface area contributed by atoms with Crippen molar-refractivity contribution in [2.45, 2.75) is 30.4 Å². The first-order valence-electron chi connectivity index (χ1n) is 10.5. The first-order chi connectivity index (χ1) is 15.3. The maximum atomic E-state index is 13.4. The topological polar surface area (TPSA) is 73.7 Å². The van der Waals surface area contributed by atoms with Gasteiger partial charge in [0.1, 0.15) is 15.7 Å². The lowest BCUT2D eigenvalue weighted by Gasteiger charge is -2.36. The van der Waals surface area contributed by atoms with Crippen LogP contribution in [0, 0.1) is 12.7 Å². The van der Waals surface area contributed by atoms with E-state index in [1.54, 1.807) is 25.1 Å². The molecular weight excluding hydrogens is 453 g/mol. The number of piperidine rings is 1. The molecule has 0 unspecified atom stereocenters. The van der Waals surface area contributed by atoms with Gasteiger partial charge in [-0.3, -0.25) is 0 Å². The highest BCUT2D eigenvalue weighted by Crippen LogP contribution is 2.36. The van der Waals surface area contributed by atoms with Gasteiger partial charge in [-0.25, -0.2) is 17.8 Å². The Morgan fingerprint density at radius 2 is 1.78 bits per heavy atom. The van der Waals surface area contributed by atoms with E-state index in [2.05, 4.69) is 4.98 Å². The number of thiazole rings is 1. The summed E-state index contributed by atoms with van der Waals surface area (Å²) in [6.07, 6.45) is 1.05. The van der Waals surface area contributed by atoms with Gasteiger partial charge in [0.25, 0.3) is 0 Å². The average Bonchev–Trinajstić information content (AvgIpc) is 3.50. The monoisotopic (exact) mass is 477 g/mol. The summed E-state index contributed by atoms with van der Waals surface area (Å²) in [7, 11) is -1.82. The molecule has 10 heteroatoms. The lowest BCUT2D eigenvalue weighted by molar-refractivity contribution is -0.179. The molecule has 1 aromatic carbocycles. The van der Waals surface area contributed by atoms with Crippen LogP contribution >= 0.6 is 11.3 Å². The van der Waals surface area contributed by atoms with E-state index < -0.39 is 15.8 Å². The molecule has 0 atom stereocenters. The molecule has 0 saturated carbocycles. The Balaban J connectivity index is 1.42. The van der Waals surface area contributed by atoms with Crippen LogP contribution in [0.5, 0.6) is 0 Å². The van der Waals surface area contributed by atoms with Gasteiger partial charge in [-0.05, 0) is 37.3 Å². The fraction of sp³-hybridized carbons (Fsp3) is 0.409. The summed E-state index contributed by atoms with van der Waals surface area (Å²) in [5, 5.41) is 2.60. The van der Waals surface area contributed by atoms with E-state index >= 15 is 0 Å². The van der Waals surface area contributed by atoms with E-state index in [1.807, 2.05) is 17.0 Å². The number of sulfonamides is 1. The first kappa shape index (κ1) is 21.7. The third-order valence-electron chi connectivity index (χ3n) is 6.27. The molecule has 0 aliphatic carbocycles. The molecule has 0 N–H and O–H groups in total. The quantitative estimate of drug-likeness (QED) is 0.572. The van der Waals surface area contributed by atoms with Crippen molar-refractivity contribution in [3.8, 4) is 22.0 Å². The summed E-state index contributed by atoms with van der Waals surface area (Å²) in [4.78, 5) is 4.96. The molecule has 2 saturated heterocycles. The summed E-state index contributed by atoms with van der Waals surface area (Å²) >= 11 is 1.43. The van der Waals surface area contributed by atoms with Crippen LogP contribution in [0.1, 0.15) is 18.5 Å². The molecule has 5 rings (SSSR count). The highest BCUT2D eigenvalue weighted by Gasteiger charge is 2.43. The van der Waals surface area contributed by atoms with Crippen molar-refractivity contribution < 1.29 is 22.3 Å². The number of aromatic nitrogens is 2. The lowest BCUT2D eigenvalue weighted by atomic mass is 10.1. The lowest BCUT2D eigenvalue weighted by Crippen LogP contribution is -2.47. The van der Waals surface area contributed by atoms with Gasteiger partial charge in [0.2, 0.25) is 10.0 Å². The van der Waals surface area contributed by atoms with Crippen LogP contribution < -0.4 is 0 Å². The molecule has 0 amide bonds. The maximum absolute atomic E-state index is 13.4. The number of nitrogens with zero attached hydrogens (tertiary/aromatic N) is 3. The second-order valence-corrected chi connectivity index (χ2v) is 10.9. The third-order valence-corrected chi connectivity index (χ3v) is 9.15. The largest absolute Gasteiger partial charge is 0.347 e. The summed E-state index contributed by atoms with van der Waals surface area (Å²) < 4.78 is 54.9. The van der Waals surface area contributed by atoms with Crippen LogP contribution in [-0.4, -0.2) is 54.4 Å². The van der Waals surface area contributed by atoms with Crippen molar-refractivity contribution in [2.75, 3.05) is 26.3 Å². The number of hydrogen-bond acceptors (Lipinski definition) is 6. The van der Waals surface area contributed by atoms with Crippen molar-refractivity contribution in [1.29, 1.82) is 0 Å². The van der Waals surface area contributed by atoms with Gasteiger partial charge in [0.15, 0.2) is 5.79 Å². The first-order valence-corrected chi connectivity index (χ1v) is 12.8. The molecule has 2 aromatic heterocycles. The van der Waals surface area contributed by atoms with Gasteiger partial charge in [-0.15, -0.1) is 11.3 Å². The van der Waals surface area contributed by atoms with E-state index in [1.165, 1.54) is 27.8 Å². The zero-order valence-electron chi connectivity index (χ0n) is 17.9. The zero-order chi connectivity index (χ0) is 22.5.